The maximum atomic E-state index is 11.1. The van der Waals surface area contributed by atoms with Gasteiger partial charge in [-0.3, -0.25) is 0 Å². The van der Waals surface area contributed by atoms with E-state index in [4.69, 9.17) is 10.7 Å². The highest BCUT2D eigenvalue weighted by atomic mass is 35.7. The smallest absolute Gasteiger partial charge is 0.205 e. The van der Waals surface area contributed by atoms with E-state index in [1.54, 1.807) is 19.1 Å². The van der Waals surface area contributed by atoms with Crippen molar-refractivity contribution in [3.8, 4) is 0 Å². The molecule has 5 nitrogen and oxygen atoms in total. The maximum absolute atomic E-state index is 11.1. The second-order valence-electron chi connectivity index (χ2n) is 2.77. The lowest BCUT2D eigenvalue weighted by Gasteiger charge is -1.98. The highest BCUT2D eigenvalue weighted by Crippen LogP contribution is 2.17. The summed E-state index contributed by atoms with van der Waals surface area (Å²) >= 11 is 0. The number of nitrogens with zero attached hydrogens (tertiary/aromatic N) is 3. The Balaban J connectivity index is 2.92. The number of aryl methyl sites for hydroxylation is 1. The van der Waals surface area contributed by atoms with Crippen LogP contribution >= 0.6 is 10.7 Å². The zero-order valence-corrected chi connectivity index (χ0v) is 8.75. The van der Waals surface area contributed by atoms with Gasteiger partial charge in [0.25, 0.3) is 9.05 Å². The standard InChI is InChI=1S/C7H6ClN3O2S/c1-5-6-3-2-4-7(14(8,12)13)11(6)10-9-5/h2-4H,1H3. The minimum atomic E-state index is -3.78. The molecule has 0 aliphatic carbocycles. The molecule has 0 aliphatic rings. The lowest BCUT2D eigenvalue weighted by atomic mass is 10.3. The maximum Gasteiger partial charge on any atom is 0.278 e. The number of rotatable bonds is 1. The van der Waals surface area contributed by atoms with Crippen molar-refractivity contribution >= 4 is 25.2 Å². The van der Waals surface area contributed by atoms with Crippen LogP contribution in [0.25, 0.3) is 5.52 Å². The molecule has 74 valence electrons. The first-order valence-electron chi connectivity index (χ1n) is 3.76. The van der Waals surface area contributed by atoms with E-state index < -0.39 is 9.05 Å². The quantitative estimate of drug-likeness (QED) is 0.686. The van der Waals surface area contributed by atoms with Gasteiger partial charge in [-0.25, -0.2) is 12.9 Å². The summed E-state index contributed by atoms with van der Waals surface area (Å²) in [6.45, 7) is 1.74. The van der Waals surface area contributed by atoms with E-state index in [9.17, 15) is 8.42 Å². The molecule has 0 amide bonds. The SMILES string of the molecule is Cc1nnn2c(S(=O)(=O)Cl)cccc12. The molecule has 2 aromatic rings. The van der Waals surface area contributed by atoms with E-state index in [1.807, 2.05) is 0 Å². The largest absolute Gasteiger partial charge is 0.278 e. The second-order valence-corrected chi connectivity index (χ2v) is 5.29. The molecule has 0 radical (unpaired) electrons. The molecule has 0 saturated carbocycles. The summed E-state index contributed by atoms with van der Waals surface area (Å²) in [5.41, 5.74) is 1.29. The van der Waals surface area contributed by atoms with Gasteiger partial charge in [0, 0.05) is 10.7 Å². The van der Waals surface area contributed by atoms with E-state index in [-0.39, 0.29) is 5.03 Å². The van der Waals surface area contributed by atoms with Crippen LogP contribution in [0.3, 0.4) is 0 Å². The molecule has 0 aromatic carbocycles. The van der Waals surface area contributed by atoms with Gasteiger partial charge < -0.3 is 0 Å². The Morgan fingerprint density at radius 3 is 2.79 bits per heavy atom. The topological polar surface area (TPSA) is 64.3 Å². The van der Waals surface area contributed by atoms with Gasteiger partial charge in [0.2, 0.25) is 0 Å². The summed E-state index contributed by atoms with van der Waals surface area (Å²) in [7, 11) is 1.45. The molecule has 2 rings (SSSR count). The van der Waals surface area contributed by atoms with Crippen LogP contribution in [0.2, 0.25) is 0 Å². The molecule has 0 unspecified atom stereocenters. The molecule has 0 fully saturated rings. The Labute approximate surface area is 84.7 Å². The molecule has 0 bridgehead atoms. The number of hydrogen-bond acceptors (Lipinski definition) is 4. The number of hydrogen-bond donors (Lipinski definition) is 0. The first-order chi connectivity index (χ1) is 6.50. The Morgan fingerprint density at radius 2 is 2.14 bits per heavy atom. The van der Waals surface area contributed by atoms with E-state index in [0.29, 0.717) is 11.2 Å². The minimum Gasteiger partial charge on any atom is -0.205 e. The monoisotopic (exact) mass is 231 g/mol. The highest BCUT2D eigenvalue weighted by molar-refractivity contribution is 8.13. The Kier molecular flexibility index (Phi) is 1.97. The van der Waals surface area contributed by atoms with Crippen molar-refractivity contribution in [2.45, 2.75) is 11.9 Å². The first-order valence-corrected chi connectivity index (χ1v) is 6.07. The third-order valence-electron chi connectivity index (χ3n) is 1.83. The average molecular weight is 232 g/mol. The van der Waals surface area contributed by atoms with Crippen LogP contribution in [0.15, 0.2) is 23.2 Å². The van der Waals surface area contributed by atoms with Crippen molar-refractivity contribution in [1.29, 1.82) is 0 Å². The third kappa shape index (κ3) is 1.36. The fraction of sp³-hybridized carbons (Fsp3) is 0.143. The molecular weight excluding hydrogens is 226 g/mol. The number of pyridine rings is 1. The normalized spacial score (nSPS) is 12.1. The third-order valence-corrected chi connectivity index (χ3v) is 3.12. The molecule has 2 aromatic heterocycles. The molecule has 2 heterocycles. The van der Waals surface area contributed by atoms with E-state index in [1.165, 1.54) is 10.6 Å². The molecule has 0 spiro atoms. The molecule has 14 heavy (non-hydrogen) atoms. The van der Waals surface area contributed by atoms with Crippen LogP contribution in [0.5, 0.6) is 0 Å². The van der Waals surface area contributed by atoms with Crippen molar-refractivity contribution in [3.05, 3.63) is 23.9 Å². The highest BCUT2D eigenvalue weighted by Gasteiger charge is 2.15. The first kappa shape index (κ1) is 9.42. The summed E-state index contributed by atoms with van der Waals surface area (Å²) < 4.78 is 23.5. The summed E-state index contributed by atoms with van der Waals surface area (Å²) in [6, 6.07) is 4.70. The summed E-state index contributed by atoms with van der Waals surface area (Å²) in [6.07, 6.45) is 0. The van der Waals surface area contributed by atoms with Crippen LogP contribution < -0.4 is 0 Å². The van der Waals surface area contributed by atoms with Gasteiger partial charge in [-0.2, -0.15) is 0 Å². The molecule has 7 heteroatoms. The molecule has 0 atom stereocenters. The Hall–Kier alpha value is -1.14. The molecule has 0 saturated heterocycles. The van der Waals surface area contributed by atoms with Gasteiger partial charge in [0.05, 0.1) is 11.2 Å². The van der Waals surface area contributed by atoms with Crippen LogP contribution in [-0.2, 0) is 9.05 Å². The Morgan fingerprint density at radius 1 is 1.43 bits per heavy atom. The predicted molar refractivity (Wildman–Crippen MR) is 50.8 cm³/mol. The zero-order valence-electron chi connectivity index (χ0n) is 7.18. The van der Waals surface area contributed by atoms with Crippen molar-refractivity contribution < 1.29 is 8.42 Å². The number of halogens is 1. The fourth-order valence-electron chi connectivity index (χ4n) is 1.20. The minimum absolute atomic E-state index is 0.0720. The van der Waals surface area contributed by atoms with Gasteiger partial charge in [0.15, 0.2) is 5.03 Å². The van der Waals surface area contributed by atoms with E-state index in [0.717, 1.165) is 0 Å². The van der Waals surface area contributed by atoms with Crippen LogP contribution in [0.1, 0.15) is 5.69 Å². The Bertz CT molecular complexity index is 590. The summed E-state index contributed by atoms with van der Waals surface area (Å²) in [5, 5.41) is 7.38. The van der Waals surface area contributed by atoms with Crippen LogP contribution in [-0.4, -0.2) is 23.2 Å². The summed E-state index contributed by atoms with van der Waals surface area (Å²) in [4.78, 5) is 0. The molecule has 0 N–H and O–H groups in total. The van der Waals surface area contributed by atoms with Gasteiger partial charge in [0.1, 0.15) is 0 Å². The lowest BCUT2D eigenvalue weighted by Crippen LogP contribution is -2.01. The van der Waals surface area contributed by atoms with E-state index >= 15 is 0 Å². The number of aromatic nitrogens is 3. The van der Waals surface area contributed by atoms with Crippen LogP contribution in [0.4, 0.5) is 0 Å². The molecular formula is C7H6ClN3O2S. The van der Waals surface area contributed by atoms with Gasteiger partial charge in [-0.15, -0.1) is 5.10 Å². The van der Waals surface area contributed by atoms with Crippen molar-refractivity contribution in [2.24, 2.45) is 0 Å². The van der Waals surface area contributed by atoms with Crippen molar-refractivity contribution in [1.82, 2.24) is 14.8 Å². The van der Waals surface area contributed by atoms with E-state index in [2.05, 4.69) is 10.3 Å². The molecule has 0 aliphatic heterocycles. The fourth-order valence-corrected chi connectivity index (χ4v) is 2.13. The summed E-state index contributed by atoms with van der Waals surface area (Å²) in [5.74, 6) is 0. The van der Waals surface area contributed by atoms with Gasteiger partial charge >= 0.3 is 0 Å². The van der Waals surface area contributed by atoms with Crippen molar-refractivity contribution in [3.63, 3.8) is 0 Å². The predicted octanol–water partition coefficient (Wildman–Crippen LogP) is 0.965. The zero-order chi connectivity index (χ0) is 10.3. The van der Waals surface area contributed by atoms with Gasteiger partial charge in [-0.05, 0) is 19.1 Å². The average Bonchev–Trinajstić information content (AvgIpc) is 2.46. The second kappa shape index (κ2) is 2.93. The lowest BCUT2D eigenvalue weighted by molar-refractivity contribution is 0.599. The van der Waals surface area contributed by atoms with Crippen LogP contribution in [0, 0.1) is 6.92 Å². The number of fused-ring (bicyclic) bond motifs is 1. The van der Waals surface area contributed by atoms with Crippen molar-refractivity contribution in [2.75, 3.05) is 0 Å². The van der Waals surface area contributed by atoms with Gasteiger partial charge in [-0.1, -0.05) is 11.3 Å².